The van der Waals surface area contributed by atoms with E-state index < -0.39 is 0 Å². The first-order valence-corrected chi connectivity index (χ1v) is 6.77. The van der Waals surface area contributed by atoms with Gasteiger partial charge in [0.2, 0.25) is 0 Å². The Hall–Kier alpha value is -2.89. The Morgan fingerprint density at radius 1 is 0.955 bits per heavy atom. The molecule has 0 radical (unpaired) electrons. The zero-order valence-electron chi connectivity index (χ0n) is 12.6. The average molecular weight is 296 g/mol. The van der Waals surface area contributed by atoms with Gasteiger partial charge in [-0.05, 0) is 36.8 Å². The summed E-state index contributed by atoms with van der Waals surface area (Å²) in [5.41, 5.74) is 2.88. The molecule has 22 heavy (non-hydrogen) atoms. The summed E-state index contributed by atoms with van der Waals surface area (Å²) in [4.78, 5) is 4.44. The number of hydrogen-bond donors (Lipinski definition) is 0. The van der Waals surface area contributed by atoms with Crippen molar-refractivity contribution in [3.63, 3.8) is 0 Å². The molecule has 0 fully saturated rings. The van der Waals surface area contributed by atoms with Crippen molar-refractivity contribution in [1.82, 2.24) is 19.7 Å². The second kappa shape index (κ2) is 5.85. The molecule has 0 N–H and O–H groups in total. The normalized spacial score (nSPS) is 10.5. The van der Waals surface area contributed by atoms with E-state index in [1.54, 1.807) is 37.6 Å². The summed E-state index contributed by atoms with van der Waals surface area (Å²) in [5.74, 6) is 2.27. The van der Waals surface area contributed by atoms with Crippen LogP contribution in [0.3, 0.4) is 0 Å². The minimum atomic E-state index is 0.749. The summed E-state index contributed by atoms with van der Waals surface area (Å²) in [6.07, 6.45) is 5.00. The Morgan fingerprint density at radius 3 is 2.09 bits per heavy atom. The van der Waals surface area contributed by atoms with Crippen LogP contribution in [0.4, 0.5) is 0 Å². The lowest BCUT2D eigenvalue weighted by atomic mass is 10.0. The Kier molecular flexibility index (Phi) is 3.74. The standard InChI is InChI=1S/C16H16N4O2/c1-11-6-13(21-2)16(14(7-11)22-3)12-4-5-15(17-8-12)20-9-18-19-10-20/h4-10H,1-3H3. The Bertz CT molecular complexity index is 742. The molecule has 0 bridgehead atoms. The van der Waals surface area contributed by atoms with E-state index in [-0.39, 0.29) is 0 Å². The highest BCUT2D eigenvalue weighted by molar-refractivity contribution is 5.77. The zero-order chi connectivity index (χ0) is 15.5. The van der Waals surface area contributed by atoms with Crippen LogP contribution in [0.25, 0.3) is 16.9 Å². The summed E-state index contributed by atoms with van der Waals surface area (Å²) in [6, 6.07) is 7.83. The third-order valence-corrected chi connectivity index (χ3v) is 3.37. The van der Waals surface area contributed by atoms with Gasteiger partial charge in [-0.25, -0.2) is 4.98 Å². The molecule has 0 saturated carbocycles. The third kappa shape index (κ3) is 2.50. The van der Waals surface area contributed by atoms with Gasteiger partial charge in [-0.1, -0.05) is 0 Å². The maximum atomic E-state index is 5.49. The maximum absolute atomic E-state index is 5.49. The highest BCUT2D eigenvalue weighted by Gasteiger charge is 2.14. The molecule has 2 heterocycles. The first kappa shape index (κ1) is 14.1. The van der Waals surface area contributed by atoms with Crippen molar-refractivity contribution in [3.05, 3.63) is 48.7 Å². The molecule has 6 nitrogen and oxygen atoms in total. The number of rotatable bonds is 4. The van der Waals surface area contributed by atoms with Crippen molar-refractivity contribution in [2.45, 2.75) is 6.92 Å². The zero-order valence-corrected chi connectivity index (χ0v) is 12.6. The quantitative estimate of drug-likeness (QED) is 0.740. The van der Waals surface area contributed by atoms with E-state index >= 15 is 0 Å². The monoisotopic (exact) mass is 296 g/mol. The molecule has 3 rings (SSSR count). The van der Waals surface area contributed by atoms with Gasteiger partial charge in [-0.3, -0.25) is 4.57 Å². The highest BCUT2D eigenvalue weighted by atomic mass is 16.5. The molecule has 112 valence electrons. The van der Waals surface area contributed by atoms with Crippen molar-refractivity contribution in [1.29, 1.82) is 0 Å². The molecule has 1 aromatic carbocycles. The summed E-state index contributed by atoms with van der Waals surface area (Å²) in [6.45, 7) is 2.00. The first-order valence-electron chi connectivity index (χ1n) is 6.77. The number of methoxy groups -OCH3 is 2. The molecule has 0 saturated heterocycles. The van der Waals surface area contributed by atoms with Crippen LogP contribution in [0, 0.1) is 6.92 Å². The predicted octanol–water partition coefficient (Wildman–Crippen LogP) is 2.65. The Labute approximate surface area is 128 Å². The molecule has 0 aliphatic rings. The minimum Gasteiger partial charge on any atom is -0.496 e. The fraction of sp³-hybridized carbons (Fsp3) is 0.188. The lowest BCUT2D eigenvalue weighted by Gasteiger charge is -2.14. The van der Waals surface area contributed by atoms with Crippen LogP contribution >= 0.6 is 0 Å². The van der Waals surface area contributed by atoms with Crippen LogP contribution in [0.1, 0.15) is 5.56 Å². The van der Waals surface area contributed by atoms with Gasteiger partial charge in [0.05, 0.1) is 19.8 Å². The first-order chi connectivity index (χ1) is 10.7. The lowest BCUT2D eigenvalue weighted by Crippen LogP contribution is -1.97. The third-order valence-electron chi connectivity index (χ3n) is 3.37. The largest absolute Gasteiger partial charge is 0.496 e. The van der Waals surface area contributed by atoms with Crippen LogP contribution in [-0.2, 0) is 0 Å². The molecule has 3 aromatic rings. The number of hydrogen-bond acceptors (Lipinski definition) is 5. The predicted molar refractivity (Wildman–Crippen MR) is 82.4 cm³/mol. The number of benzene rings is 1. The van der Waals surface area contributed by atoms with Crippen LogP contribution in [0.5, 0.6) is 11.5 Å². The molecule has 2 aromatic heterocycles. The SMILES string of the molecule is COc1cc(C)cc(OC)c1-c1ccc(-n2cnnc2)nc1. The van der Waals surface area contributed by atoms with Gasteiger partial charge in [0.25, 0.3) is 0 Å². The molecule has 0 amide bonds. The smallest absolute Gasteiger partial charge is 0.139 e. The number of ether oxygens (including phenoxy) is 2. The lowest BCUT2D eigenvalue weighted by molar-refractivity contribution is 0.397. The molecule has 0 atom stereocenters. The van der Waals surface area contributed by atoms with E-state index in [0.717, 1.165) is 34.0 Å². The molecule has 0 spiro atoms. The summed E-state index contributed by atoms with van der Waals surface area (Å²) < 4.78 is 12.7. The van der Waals surface area contributed by atoms with E-state index in [0.29, 0.717) is 0 Å². The van der Waals surface area contributed by atoms with Gasteiger partial charge in [-0.2, -0.15) is 0 Å². The molecule has 0 aliphatic heterocycles. The maximum Gasteiger partial charge on any atom is 0.139 e. The van der Waals surface area contributed by atoms with Crippen molar-refractivity contribution < 1.29 is 9.47 Å². The van der Waals surface area contributed by atoms with Gasteiger partial charge in [0, 0.05) is 11.8 Å². The molecule has 6 heteroatoms. The number of aromatic nitrogens is 4. The van der Waals surface area contributed by atoms with Crippen LogP contribution in [-0.4, -0.2) is 34.0 Å². The highest BCUT2D eigenvalue weighted by Crippen LogP contribution is 2.39. The second-order valence-corrected chi connectivity index (χ2v) is 4.82. The Morgan fingerprint density at radius 2 is 1.59 bits per heavy atom. The summed E-state index contributed by atoms with van der Waals surface area (Å²) in [5, 5.41) is 7.55. The van der Waals surface area contributed by atoms with Crippen molar-refractivity contribution >= 4 is 0 Å². The van der Waals surface area contributed by atoms with Gasteiger partial charge in [0.1, 0.15) is 30.0 Å². The number of aryl methyl sites for hydroxylation is 1. The average Bonchev–Trinajstić information content (AvgIpc) is 3.08. The van der Waals surface area contributed by atoms with E-state index in [9.17, 15) is 0 Å². The van der Waals surface area contributed by atoms with Crippen molar-refractivity contribution in [3.8, 4) is 28.4 Å². The summed E-state index contributed by atoms with van der Waals surface area (Å²) >= 11 is 0. The van der Waals surface area contributed by atoms with E-state index in [1.807, 2.05) is 31.2 Å². The number of pyridine rings is 1. The summed E-state index contributed by atoms with van der Waals surface area (Å²) in [7, 11) is 3.30. The van der Waals surface area contributed by atoms with Gasteiger partial charge in [-0.15, -0.1) is 10.2 Å². The van der Waals surface area contributed by atoms with Crippen LogP contribution < -0.4 is 9.47 Å². The molecular formula is C16H16N4O2. The minimum absolute atomic E-state index is 0.749. The second-order valence-electron chi connectivity index (χ2n) is 4.82. The Balaban J connectivity index is 2.07. The van der Waals surface area contributed by atoms with Crippen molar-refractivity contribution in [2.24, 2.45) is 0 Å². The van der Waals surface area contributed by atoms with Gasteiger partial charge in [0.15, 0.2) is 0 Å². The van der Waals surface area contributed by atoms with E-state index in [1.165, 1.54) is 0 Å². The van der Waals surface area contributed by atoms with E-state index in [4.69, 9.17) is 9.47 Å². The topological polar surface area (TPSA) is 62.1 Å². The van der Waals surface area contributed by atoms with Crippen LogP contribution in [0.15, 0.2) is 43.1 Å². The van der Waals surface area contributed by atoms with Crippen LogP contribution in [0.2, 0.25) is 0 Å². The molecule has 0 unspecified atom stereocenters. The molecule has 0 aliphatic carbocycles. The fourth-order valence-corrected chi connectivity index (χ4v) is 2.33. The molecular weight excluding hydrogens is 280 g/mol. The van der Waals surface area contributed by atoms with Gasteiger partial charge >= 0.3 is 0 Å². The van der Waals surface area contributed by atoms with E-state index in [2.05, 4.69) is 15.2 Å². The van der Waals surface area contributed by atoms with Crippen molar-refractivity contribution in [2.75, 3.05) is 14.2 Å². The van der Waals surface area contributed by atoms with Gasteiger partial charge < -0.3 is 9.47 Å². The fourth-order valence-electron chi connectivity index (χ4n) is 2.33. The number of nitrogens with zero attached hydrogens (tertiary/aromatic N) is 4.